The van der Waals surface area contributed by atoms with Crippen molar-refractivity contribution in [3.05, 3.63) is 36.0 Å². The zero-order valence-corrected chi connectivity index (χ0v) is 15.4. The minimum atomic E-state index is -0.390. The van der Waals surface area contributed by atoms with E-state index in [2.05, 4.69) is 58.1 Å². The zero-order valence-electron chi connectivity index (χ0n) is 15.4. The summed E-state index contributed by atoms with van der Waals surface area (Å²) in [6.07, 6.45) is 3.38. The first-order valence-corrected chi connectivity index (χ1v) is 9.26. The number of hydrogen-bond acceptors (Lipinski definition) is 7. The van der Waals surface area contributed by atoms with Gasteiger partial charge in [-0.3, -0.25) is 0 Å². The van der Waals surface area contributed by atoms with Gasteiger partial charge in [0.1, 0.15) is 0 Å². The molecule has 7 nitrogen and oxygen atoms in total. The molecular formula is C19H25N5O2. The molecular weight excluding hydrogens is 330 g/mol. The summed E-state index contributed by atoms with van der Waals surface area (Å²) in [6.45, 7) is 8.02. The second kappa shape index (κ2) is 7.17. The molecule has 4 rings (SSSR count). The third-order valence-electron chi connectivity index (χ3n) is 5.06. The van der Waals surface area contributed by atoms with Gasteiger partial charge >= 0.3 is 0 Å². The van der Waals surface area contributed by atoms with Crippen molar-refractivity contribution in [2.24, 2.45) is 0 Å². The van der Waals surface area contributed by atoms with Crippen LogP contribution in [0, 0.1) is 6.92 Å². The highest BCUT2D eigenvalue weighted by molar-refractivity contribution is 5.60. The number of piperidine rings is 1. The fourth-order valence-corrected chi connectivity index (χ4v) is 3.66. The standard InChI is InChI=1S/C19H25N5O2/c1-3-24(16-6-4-5-15(2)13-16)17-14-20-22-18(21-17)23-9-7-19(8-10-23)25-11-12-26-19/h4-6,13-14H,3,7-12H2,1-2H3. The molecule has 2 aliphatic heterocycles. The molecule has 7 heteroatoms. The highest BCUT2D eigenvalue weighted by Crippen LogP contribution is 2.32. The van der Waals surface area contributed by atoms with E-state index in [9.17, 15) is 0 Å². The molecule has 1 spiro atoms. The van der Waals surface area contributed by atoms with Crippen molar-refractivity contribution in [2.45, 2.75) is 32.5 Å². The van der Waals surface area contributed by atoms with E-state index in [1.54, 1.807) is 6.20 Å². The van der Waals surface area contributed by atoms with Crippen LogP contribution in [0.25, 0.3) is 0 Å². The molecule has 2 aliphatic rings. The van der Waals surface area contributed by atoms with Crippen LogP contribution in [0.4, 0.5) is 17.5 Å². The van der Waals surface area contributed by atoms with Crippen LogP contribution < -0.4 is 9.80 Å². The van der Waals surface area contributed by atoms with Crippen LogP contribution in [0.2, 0.25) is 0 Å². The first-order valence-electron chi connectivity index (χ1n) is 9.26. The average Bonchev–Trinajstić information content (AvgIpc) is 3.11. The number of hydrogen-bond donors (Lipinski definition) is 0. The van der Waals surface area contributed by atoms with E-state index >= 15 is 0 Å². The summed E-state index contributed by atoms with van der Waals surface area (Å²) in [5.74, 6) is 1.09. The maximum Gasteiger partial charge on any atom is 0.247 e. The van der Waals surface area contributed by atoms with Gasteiger partial charge < -0.3 is 19.3 Å². The van der Waals surface area contributed by atoms with Gasteiger partial charge in [-0.2, -0.15) is 10.1 Å². The maximum absolute atomic E-state index is 5.80. The number of ether oxygens (including phenoxy) is 2. The molecule has 1 aromatic carbocycles. The van der Waals surface area contributed by atoms with Crippen LogP contribution in [0.15, 0.2) is 30.5 Å². The van der Waals surface area contributed by atoms with Crippen LogP contribution in [-0.2, 0) is 9.47 Å². The maximum atomic E-state index is 5.80. The second-order valence-corrected chi connectivity index (χ2v) is 6.79. The summed E-state index contributed by atoms with van der Waals surface area (Å²) < 4.78 is 11.6. The molecule has 0 amide bonds. The van der Waals surface area contributed by atoms with Gasteiger partial charge in [0.25, 0.3) is 0 Å². The monoisotopic (exact) mass is 355 g/mol. The molecule has 26 heavy (non-hydrogen) atoms. The van der Waals surface area contributed by atoms with Gasteiger partial charge in [0, 0.05) is 38.2 Å². The Bertz CT molecular complexity index is 753. The van der Waals surface area contributed by atoms with Gasteiger partial charge in [0.2, 0.25) is 5.95 Å². The van der Waals surface area contributed by atoms with Crippen molar-refractivity contribution < 1.29 is 9.47 Å². The number of aromatic nitrogens is 3. The Morgan fingerprint density at radius 2 is 1.96 bits per heavy atom. The normalized spacial score (nSPS) is 19.1. The van der Waals surface area contributed by atoms with Crippen molar-refractivity contribution in [1.29, 1.82) is 0 Å². The molecule has 0 unspecified atom stereocenters. The van der Waals surface area contributed by atoms with Crippen LogP contribution in [-0.4, -0.2) is 53.8 Å². The Kier molecular flexibility index (Phi) is 4.74. The lowest BCUT2D eigenvalue weighted by Crippen LogP contribution is -2.45. The van der Waals surface area contributed by atoms with Gasteiger partial charge in [-0.15, -0.1) is 5.10 Å². The Balaban J connectivity index is 1.53. The van der Waals surface area contributed by atoms with Gasteiger partial charge in [0.15, 0.2) is 11.6 Å². The largest absolute Gasteiger partial charge is 0.347 e. The number of nitrogens with zero attached hydrogens (tertiary/aromatic N) is 5. The topological polar surface area (TPSA) is 63.6 Å². The first kappa shape index (κ1) is 17.2. The predicted molar refractivity (Wildman–Crippen MR) is 99.8 cm³/mol. The fourth-order valence-electron chi connectivity index (χ4n) is 3.66. The van der Waals surface area contributed by atoms with Crippen LogP contribution in [0.3, 0.4) is 0 Å². The quantitative estimate of drug-likeness (QED) is 0.835. The highest BCUT2D eigenvalue weighted by Gasteiger charge is 2.40. The summed E-state index contributed by atoms with van der Waals surface area (Å²) in [4.78, 5) is 9.10. The molecule has 0 radical (unpaired) electrons. The van der Waals surface area contributed by atoms with E-state index in [0.717, 1.165) is 44.0 Å². The molecule has 138 valence electrons. The van der Waals surface area contributed by atoms with Gasteiger partial charge in [-0.05, 0) is 31.5 Å². The summed E-state index contributed by atoms with van der Waals surface area (Å²) >= 11 is 0. The average molecular weight is 355 g/mol. The van der Waals surface area contributed by atoms with Gasteiger partial charge in [0.05, 0.1) is 19.4 Å². The molecule has 0 bridgehead atoms. The Hall–Kier alpha value is -2.25. The molecule has 2 aromatic rings. The number of anilines is 3. The number of aryl methyl sites for hydroxylation is 1. The van der Waals surface area contributed by atoms with Crippen molar-refractivity contribution in [3.8, 4) is 0 Å². The molecule has 0 aliphatic carbocycles. The second-order valence-electron chi connectivity index (χ2n) is 6.79. The SMILES string of the molecule is CCN(c1cccc(C)c1)c1cnnc(N2CCC3(CC2)OCCO3)n1. The molecule has 2 fully saturated rings. The fraction of sp³-hybridized carbons (Fsp3) is 0.526. The Morgan fingerprint density at radius 1 is 1.19 bits per heavy atom. The van der Waals surface area contributed by atoms with Crippen molar-refractivity contribution in [2.75, 3.05) is 42.6 Å². The first-order chi connectivity index (χ1) is 12.7. The van der Waals surface area contributed by atoms with Gasteiger partial charge in [-0.25, -0.2) is 0 Å². The lowest BCUT2D eigenvalue weighted by molar-refractivity contribution is -0.169. The number of benzene rings is 1. The number of rotatable bonds is 4. The highest BCUT2D eigenvalue weighted by atomic mass is 16.7. The van der Waals surface area contributed by atoms with E-state index in [1.807, 2.05) is 0 Å². The summed E-state index contributed by atoms with van der Waals surface area (Å²) in [6, 6.07) is 8.41. The molecule has 0 saturated carbocycles. The molecule has 3 heterocycles. The van der Waals surface area contributed by atoms with Crippen LogP contribution >= 0.6 is 0 Å². The molecule has 0 N–H and O–H groups in total. The van der Waals surface area contributed by atoms with Gasteiger partial charge in [-0.1, -0.05) is 12.1 Å². The molecule has 2 saturated heterocycles. The predicted octanol–water partition coefficient (Wildman–Crippen LogP) is 2.68. The van der Waals surface area contributed by atoms with Crippen LogP contribution in [0.1, 0.15) is 25.3 Å². The summed E-state index contributed by atoms with van der Waals surface area (Å²) in [5.41, 5.74) is 2.34. The smallest absolute Gasteiger partial charge is 0.247 e. The lowest BCUT2D eigenvalue weighted by atomic mass is 10.0. The Morgan fingerprint density at radius 3 is 2.65 bits per heavy atom. The molecule has 0 atom stereocenters. The summed E-state index contributed by atoms with van der Waals surface area (Å²) in [7, 11) is 0. The van der Waals surface area contributed by atoms with Crippen molar-refractivity contribution in [3.63, 3.8) is 0 Å². The van der Waals surface area contributed by atoms with Crippen LogP contribution in [0.5, 0.6) is 0 Å². The minimum Gasteiger partial charge on any atom is -0.347 e. The van der Waals surface area contributed by atoms with E-state index in [-0.39, 0.29) is 0 Å². The van der Waals surface area contributed by atoms with Crippen molar-refractivity contribution in [1.82, 2.24) is 15.2 Å². The molecule has 1 aromatic heterocycles. The Labute approximate surface area is 154 Å². The third kappa shape index (κ3) is 3.37. The van der Waals surface area contributed by atoms with E-state index in [4.69, 9.17) is 14.5 Å². The van der Waals surface area contributed by atoms with E-state index in [1.165, 1.54) is 5.56 Å². The zero-order chi connectivity index (χ0) is 18.0. The summed E-state index contributed by atoms with van der Waals surface area (Å²) in [5, 5.41) is 8.47. The lowest BCUT2D eigenvalue weighted by Gasteiger charge is -2.37. The van der Waals surface area contributed by atoms with E-state index < -0.39 is 5.79 Å². The third-order valence-corrected chi connectivity index (χ3v) is 5.06. The van der Waals surface area contributed by atoms with E-state index in [0.29, 0.717) is 19.2 Å². The van der Waals surface area contributed by atoms with Crippen molar-refractivity contribution >= 4 is 17.5 Å². The minimum absolute atomic E-state index is 0.390.